The quantitative estimate of drug-likeness (QED) is 0.829. The maximum atomic E-state index is 12.5. The van der Waals surface area contributed by atoms with Gasteiger partial charge in [0.1, 0.15) is 0 Å². The Balaban J connectivity index is 1.44. The van der Waals surface area contributed by atoms with E-state index in [1.54, 1.807) is 12.4 Å². The number of nitrogens with zero attached hydrogens (tertiary/aromatic N) is 4. The highest BCUT2D eigenvalue weighted by Gasteiger charge is 2.43. The molecule has 1 aromatic heterocycles. The minimum atomic E-state index is 0.253. The van der Waals surface area contributed by atoms with Crippen LogP contribution in [0.5, 0.6) is 0 Å². The first-order valence-corrected chi connectivity index (χ1v) is 10.0. The van der Waals surface area contributed by atoms with Gasteiger partial charge in [-0.05, 0) is 45.6 Å². The van der Waals surface area contributed by atoms with E-state index < -0.39 is 0 Å². The zero-order valence-corrected chi connectivity index (χ0v) is 15.8. The monoisotopic (exact) mass is 358 g/mol. The molecule has 0 aliphatic carbocycles. The normalized spacial score (nSPS) is 28.7. The molecule has 26 heavy (non-hydrogen) atoms. The van der Waals surface area contributed by atoms with Crippen LogP contribution in [0.15, 0.2) is 12.4 Å². The van der Waals surface area contributed by atoms with E-state index >= 15 is 0 Å². The Hall–Kier alpha value is -1.53. The third-order valence-corrected chi connectivity index (χ3v) is 6.33. The van der Waals surface area contributed by atoms with Gasteiger partial charge in [0.05, 0.1) is 24.1 Å². The molecule has 0 bridgehead atoms. The van der Waals surface area contributed by atoms with Crippen molar-refractivity contribution in [2.24, 2.45) is 5.41 Å². The van der Waals surface area contributed by atoms with Gasteiger partial charge >= 0.3 is 0 Å². The zero-order valence-electron chi connectivity index (χ0n) is 15.8. The van der Waals surface area contributed by atoms with Gasteiger partial charge in [0.2, 0.25) is 5.91 Å². The highest BCUT2D eigenvalue weighted by atomic mass is 16.5. The number of carbonyl (C=O) groups excluding carboxylic acids is 1. The molecule has 1 unspecified atom stereocenters. The number of aryl methyl sites for hydroxylation is 1. The summed E-state index contributed by atoms with van der Waals surface area (Å²) in [6.45, 7) is 7.50. The second kappa shape index (κ2) is 7.61. The second-order valence-electron chi connectivity index (χ2n) is 8.32. The van der Waals surface area contributed by atoms with E-state index in [0.29, 0.717) is 19.0 Å². The third-order valence-electron chi connectivity index (χ3n) is 6.33. The maximum Gasteiger partial charge on any atom is 0.222 e. The number of carbonyl (C=O) groups is 1. The van der Waals surface area contributed by atoms with Gasteiger partial charge in [-0.2, -0.15) is 0 Å². The summed E-state index contributed by atoms with van der Waals surface area (Å²) in [5.74, 6) is 0.265. The van der Waals surface area contributed by atoms with E-state index in [1.165, 1.54) is 19.4 Å². The molecule has 3 saturated heterocycles. The first-order valence-electron chi connectivity index (χ1n) is 10.0. The average molecular weight is 358 g/mol. The zero-order chi connectivity index (χ0) is 18.0. The number of hydrogen-bond donors (Lipinski definition) is 0. The standard InChI is InChI=1S/C20H30N4O2/c1-16-11-22-17(12-21-16)13-24-15-20(7-3-19(24)25)6-2-8-23(14-20)18-4-9-26-10-5-18/h11-12,18H,2-10,13-15H2,1H3. The van der Waals surface area contributed by atoms with Gasteiger partial charge in [0, 0.05) is 50.4 Å². The van der Waals surface area contributed by atoms with E-state index in [4.69, 9.17) is 4.74 Å². The molecule has 0 saturated carbocycles. The summed E-state index contributed by atoms with van der Waals surface area (Å²) in [6.07, 6.45) is 10.1. The maximum absolute atomic E-state index is 12.5. The molecule has 142 valence electrons. The van der Waals surface area contributed by atoms with Crippen LogP contribution < -0.4 is 0 Å². The Morgan fingerprint density at radius 3 is 2.81 bits per heavy atom. The minimum Gasteiger partial charge on any atom is -0.381 e. The molecule has 4 heterocycles. The molecule has 6 nitrogen and oxygen atoms in total. The average Bonchev–Trinajstić information content (AvgIpc) is 2.68. The highest BCUT2D eigenvalue weighted by molar-refractivity contribution is 5.77. The van der Waals surface area contributed by atoms with Gasteiger partial charge in [-0.3, -0.25) is 19.7 Å². The van der Waals surface area contributed by atoms with Crippen LogP contribution in [0.1, 0.15) is 49.9 Å². The van der Waals surface area contributed by atoms with Crippen LogP contribution in [0.3, 0.4) is 0 Å². The van der Waals surface area contributed by atoms with Gasteiger partial charge in [0.15, 0.2) is 0 Å². The lowest BCUT2D eigenvalue weighted by molar-refractivity contribution is -0.141. The molecule has 0 radical (unpaired) electrons. The number of likely N-dealkylation sites (tertiary alicyclic amines) is 2. The van der Waals surface area contributed by atoms with Crippen LogP contribution in [-0.4, -0.2) is 64.6 Å². The summed E-state index contributed by atoms with van der Waals surface area (Å²) in [4.78, 5) is 26.0. The van der Waals surface area contributed by atoms with Crippen LogP contribution >= 0.6 is 0 Å². The van der Waals surface area contributed by atoms with Crippen molar-refractivity contribution in [1.82, 2.24) is 19.8 Å². The van der Waals surface area contributed by atoms with Crippen LogP contribution in [0.4, 0.5) is 0 Å². The molecular formula is C20H30N4O2. The number of amides is 1. The molecule has 3 aliphatic rings. The molecule has 1 amide bonds. The van der Waals surface area contributed by atoms with Crippen LogP contribution in [0, 0.1) is 12.3 Å². The molecule has 3 aliphatic heterocycles. The predicted molar refractivity (Wildman–Crippen MR) is 98.5 cm³/mol. The number of piperidine rings is 2. The van der Waals surface area contributed by atoms with Gasteiger partial charge < -0.3 is 9.64 Å². The number of aromatic nitrogens is 2. The van der Waals surface area contributed by atoms with Crippen molar-refractivity contribution in [3.05, 3.63) is 23.8 Å². The topological polar surface area (TPSA) is 58.6 Å². The van der Waals surface area contributed by atoms with Crippen molar-refractivity contribution < 1.29 is 9.53 Å². The largest absolute Gasteiger partial charge is 0.381 e. The summed E-state index contributed by atoms with van der Waals surface area (Å²) >= 11 is 0. The Kier molecular flexibility index (Phi) is 5.23. The minimum absolute atomic E-state index is 0.253. The van der Waals surface area contributed by atoms with Gasteiger partial charge in [-0.25, -0.2) is 0 Å². The highest BCUT2D eigenvalue weighted by Crippen LogP contribution is 2.40. The fraction of sp³-hybridized carbons (Fsp3) is 0.750. The molecular weight excluding hydrogens is 328 g/mol. The molecule has 1 spiro atoms. The van der Waals surface area contributed by atoms with E-state index in [1.807, 2.05) is 11.8 Å². The lowest BCUT2D eigenvalue weighted by Crippen LogP contribution is -2.56. The Labute approximate surface area is 155 Å². The van der Waals surface area contributed by atoms with E-state index in [9.17, 15) is 4.79 Å². The number of hydrogen-bond acceptors (Lipinski definition) is 5. The molecule has 4 rings (SSSR count). The molecule has 1 atom stereocenters. The van der Waals surface area contributed by atoms with Crippen LogP contribution in [0.25, 0.3) is 0 Å². The van der Waals surface area contributed by atoms with Gasteiger partial charge in [-0.15, -0.1) is 0 Å². The predicted octanol–water partition coefficient (Wildman–Crippen LogP) is 2.17. The van der Waals surface area contributed by atoms with Crippen molar-refractivity contribution in [2.75, 3.05) is 32.8 Å². The fourth-order valence-electron chi connectivity index (χ4n) is 4.88. The molecule has 0 aromatic carbocycles. The Morgan fingerprint density at radius 2 is 2.04 bits per heavy atom. The number of rotatable bonds is 3. The Morgan fingerprint density at radius 1 is 1.19 bits per heavy atom. The number of ether oxygens (including phenoxy) is 1. The first kappa shape index (κ1) is 17.9. The van der Waals surface area contributed by atoms with E-state index in [0.717, 1.165) is 57.0 Å². The summed E-state index contributed by atoms with van der Waals surface area (Å²) in [5.41, 5.74) is 2.05. The lowest BCUT2D eigenvalue weighted by atomic mass is 9.73. The van der Waals surface area contributed by atoms with Crippen molar-refractivity contribution in [3.8, 4) is 0 Å². The van der Waals surface area contributed by atoms with Crippen molar-refractivity contribution >= 4 is 5.91 Å². The van der Waals surface area contributed by atoms with Gasteiger partial charge in [-0.1, -0.05) is 0 Å². The molecule has 6 heteroatoms. The summed E-state index contributed by atoms with van der Waals surface area (Å²) in [7, 11) is 0. The summed E-state index contributed by atoms with van der Waals surface area (Å²) in [5, 5.41) is 0. The molecule has 3 fully saturated rings. The molecule has 0 N–H and O–H groups in total. The van der Waals surface area contributed by atoms with Crippen molar-refractivity contribution in [2.45, 2.75) is 58.0 Å². The fourth-order valence-corrected chi connectivity index (χ4v) is 4.88. The second-order valence-corrected chi connectivity index (χ2v) is 8.32. The lowest BCUT2D eigenvalue weighted by Gasteiger charge is -2.50. The van der Waals surface area contributed by atoms with Crippen LogP contribution in [-0.2, 0) is 16.1 Å². The van der Waals surface area contributed by atoms with Crippen molar-refractivity contribution in [3.63, 3.8) is 0 Å². The van der Waals surface area contributed by atoms with E-state index in [-0.39, 0.29) is 11.3 Å². The smallest absolute Gasteiger partial charge is 0.222 e. The Bertz CT molecular complexity index is 629. The van der Waals surface area contributed by atoms with Gasteiger partial charge in [0.25, 0.3) is 0 Å². The summed E-state index contributed by atoms with van der Waals surface area (Å²) in [6, 6.07) is 0.662. The molecule has 1 aromatic rings. The summed E-state index contributed by atoms with van der Waals surface area (Å²) < 4.78 is 5.54. The van der Waals surface area contributed by atoms with Crippen molar-refractivity contribution in [1.29, 1.82) is 0 Å². The first-order chi connectivity index (χ1) is 12.6. The third kappa shape index (κ3) is 3.91. The van der Waals surface area contributed by atoms with Crippen LogP contribution in [0.2, 0.25) is 0 Å². The van der Waals surface area contributed by atoms with E-state index in [2.05, 4.69) is 14.9 Å². The SMILES string of the molecule is Cc1cnc(CN2CC3(CCCN(C4CCOCC4)C3)CCC2=O)cn1.